The first kappa shape index (κ1) is 14.2. The standard InChI is InChI=1S/C20H15N3O/c1-3-9-16(10-4-1)15-20(24-17-11-5-2-6-12-17)23-19-14-8-7-13-18(19)21-22-23/h1-15H. The fourth-order valence-corrected chi connectivity index (χ4v) is 2.47. The number of para-hydroxylation sites is 2. The molecule has 0 N–H and O–H groups in total. The van der Waals surface area contributed by atoms with Crippen LogP contribution in [0.2, 0.25) is 0 Å². The fourth-order valence-electron chi connectivity index (χ4n) is 2.47. The van der Waals surface area contributed by atoms with E-state index in [0.717, 1.165) is 22.3 Å². The number of hydrogen-bond donors (Lipinski definition) is 0. The van der Waals surface area contributed by atoms with Crippen LogP contribution in [0.15, 0.2) is 84.9 Å². The molecule has 0 aliphatic carbocycles. The molecule has 0 spiro atoms. The summed E-state index contributed by atoms with van der Waals surface area (Å²) in [5.74, 6) is 1.35. The van der Waals surface area contributed by atoms with Crippen LogP contribution in [0, 0.1) is 0 Å². The van der Waals surface area contributed by atoms with Gasteiger partial charge >= 0.3 is 0 Å². The van der Waals surface area contributed by atoms with Crippen molar-refractivity contribution in [3.05, 3.63) is 90.5 Å². The van der Waals surface area contributed by atoms with Gasteiger partial charge in [-0.25, -0.2) is 0 Å². The maximum absolute atomic E-state index is 6.09. The zero-order valence-corrected chi connectivity index (χ0v) is 12.9. The molecule has 0 atom stereocenters. The summed E-state index contributed by atoms with van der Waals surface area (Å²) in [6.45, 7) is 0. The molecule has 0 aliphatic rings. The predicted molar refractivity (Wildman–Crippen MR) is 95.2 cm³/mol. The molecule has 0 fully saturated rings. The number of ether oxygens (including phenoxy) is 1. The molecule has 4 rings (SSSR count). The van der Waals surface area contributed by atoms with Crippen LogP contribution in [-0.4, -0.2) is 15.0 Å². The molecule has 116 valence electrons. The molecule has 0 aliphatic heterocycles. The highest BCUT2D eigenvalue weighted by Gasteiger charge is 2.11. The van der Waals surface area contributed by atoms with E-state index in [0.29, 0.717) is 5.88 Å². The second-order valence-electron chi connectivity index (χ2n) is 5.30. The summed E-state index contributed by atoms with van der Waals surface area (Å²) in [5.41, 5.74) is 2.76. The van der Waals surface area contributed by atoms with E-state index in [4.69, 9.17) is 4.74 Å². The average molecular weight is 313 g/mol. The molecule has 24 heavy (non-hydrogen) atoms. The zero-order chi connectivity index (χ0) is 16.2. The van der Waals surface area contributed by atoms with Gasteiger partial charge in [0.2, 0.25) is 5.88 Å². The van der Waals surface area contributed by atoms with E-state index in [2.05, 4.69) is 10.3 Å². The van der Waals surface area contributed by atoms with Crippen LogP contribution in [0.3, 0.4) is 0 Å². The molecule has 1 heterocycles. The normalized spacial score (nSPS) is 11.6. The molecule has 4 nitrogen and oxygen atoms in total. The Morgan fingerprint density at radius 2 is 1.46 bits per heavy atom. The maximum atomic E-state index is 6.09. The van der Waals surface area contributed by atoms with Crippen molar-refractivity contribution in [3.63, 3.8) is 0 Å². The van der Waals surface area contributed by atoms with Gasteiger partial charge in [-0.2, -0.15) is 4.68 Å². The van der Waals surface area contributed by atoms with Gasteiger partial charge in [0.25, 0.3) is 0 Å². The van der Waals surface area contributed by atoms with Crippen LogP contribution in [0.5, 0.6) is 5.75 Å². The van der Waals surface area contributed by atoms with Crippen LogP contribution >= 0.6 is 0 Å². The Bertz CT molecular complexity index is 975. The van der Waals surface area contributed by atoms with Crippen LogP contribution in [0.1, 0.15) is 5.56 Å². The maximum Gasteiger partial charge on any atom is 0.222 e. The number of aromatic nitrogens is 3. The van der Waals surface area contributed by atoms with Gasteiger partial charge in [0, 0.05) is 6.08 Å². The van der Waals surface area contributed by atoms with Gasteiger partial charge in [-0.1, -0.05) is 65.9 Å². The van der Waals surface area contributed by atoms with Crippen molar-refractivity contribution in [3.8, 4) is 5.75 Å². The minimum absolute atomic E-state index is 0.598. The number of rotatable bonds is 4. The molecule has 0 unspecified atom stereocenters. The van der Waals surface area contributed by atoms with Crippen molar-refractivity contribution in [2.45, 2.75) is 0 Å². The second kappa shape index (κ2) is 6.38. The lowest BCUT2D eigenvalue weighted by atomic mass is 10.2. The van der Waals surface area contributed by atoms with Crippen molar-refractivity contribution >= 4 is 23.0 Å². The summed E-state index contributed by atoms with van der Waals surface area (Å²) in [6, 6.07) is 27.5. The Morgan fingerprint density at radius 3 is 2.25 bits per heavy atom. The van der Waals surface area contributed by atoms with E-state index in [-0.39, 0.29) is 0 Å². The van der Waals surface area contributed by atoms with Crippen LogP contribution in [-0.2, 0) is 0 Å². The smallest absolute Gasteiger partial charge is 0.222 e. The summed E-state index contributed by atoms with van der Waals surface area (Å²) in [5, 5.41) is 8.48. The SMILES string of the molecule is C(=C(Oc1ccccc1)n1nnc2ccccc21)c1ccccc1. The lowest BCUT2D eigenvalue weighted by molar-refractivity contribution is 0.470. The molecule has 0 saturated carbocycles. The Labute approximate surface area is 139 Å². The summed E-state index contributed by atoms with van der Waals surface area (Å²) in [6.07, 6.45) is 1.95. The summed E-state index contributed by atoms with van der Waals surface area (Å²) < 4.78 is 7.81. The Kier molecular flexibility index (Phi) is 3.78. The Balaban J connectivity index is 1.82. The van der Waals surface area contributed by atoms with E-state index in [1.54, 1.807) is 4.68 Å². The summed E-state index contributed by atoms with van der Waals surface area (Å²) in [7, 11) is 0. The predicted octanol–water partition coefficient (Wildman–Crippen LogP) is 4.47. The van der Waals surface area contributed by atoms with Crippen molar-refractivity contribution in [1.29, 1.82) is 0 Å². The van der Waals surface area contributed by atoms with Crippen molar-refractivity contribution < 1.29 is 4.74 Å². The molecule has 3 aromatic carbocycles. The minimum Gasteiger partial charge on any atom is -0.439 e. The molecule has 0 radical (unpaired) electrons. The molecular weight excluding hydrogens is 298 g/mol. The van der Waals surface area contributed by atoms with Gasteiger partial charge in [-0.05, 0) is 29.8 Å². The average Bonchev–Trinajstić information content (AvgIpc) is 3.07. The lowest BCUT2D eigenvalue weighted by Crippen LogP contribution is -2.06. The van der Waals surface area contributed by atoms with Crippen LogP contribution < -0.4 is 4.74 Å². The fraction of sp³-hybridized carbons (Fsp3) is 0. The Morgan fingerprint density at radius 1 is 0.792 bits per heavy atom. The molecular formula is C20H15N3O. The van der Waals surface area contributed by atoms with Gasteiger partial charge < -0.3 is 4.74 Å². The highest BCUT2D eigenvalue weighted by Crippen LogP contribution is 2.21. The molecule has 0 bridgehead atoms. The number of benzene rings is 3. The van der Waals surface area contributed by atoms with E-state index in [1.807, 2.05) is 91.0 Å². The quantitative estimate of drug-likeness (QED) is 0.522. The molecule has 4 aromatic rings. The van der Waals surface area contributed by atoms with Gasteiger partial charge in [0.1, 0.15) is 11.3 Å². The van der Waals surface area contributed by atoms with E-state index >= 15 is 0 Å². The highest BCUT2D eigenvalue weighted by atomic mass is 16.5. The van der Waals surface area contributed by atoms with Crippen molar-refractivity contribution in [2.75, 3.05) is 0 Å². The lowest BCUT2D eigenvalue weighted by Gasteiger charge is -2.10. The van der Waals surface area contributed by atoms with Crippen molar-refractivity contribution in [1.82, 2.24) is 15.0 Å². The number of nitrogens with zero attached hydrogens (tertiary/aromatic N) is 3. The second-order valence-corrected chi connectivity index (χ2v) is 5.30. The van der Waals surface area contributed by atoms with Gasteiger partial charge in [-0.15, -0.1) is 5.10 Å². The van der Waals surface area contributed by atoms with Gasteiger partial charge in [-0.3, -0.25) is 0 Å². The van der Waals surface area contributed by atoms with Crippen LogP contribution in [0.4, 0.5) is 0 Å². The van der Waals surface area contributed by atoms with Crippen LogP contribution in [0.25, 0.3) is 23.0 Å². The van der Waals surface area contributed by atoms with Gasteiger partial charge in [0.15, 0.2) is 0 Å². The summed E-state index contributed by atoms with van der Waals surface area (Å²) in [4.78, 5) is 0. The van der Waals surface area contributed by atoms with E-state index in [9.17, 15) is 0 Å². The third-order valence-electron chi connectivity index (χ3n) is 3.62. The van der Waals surface area contributed by atoms with E-state index in [1.165, 1.54) is 0 Å². The third kappa shape index (κ3) is 2.90. The first-order chi connectivity index (χ1) is 11.9. The highest BCUT2D eigenvalue weighted by molar-refractivity contribution is 5.80. The third-order valence-corrected chi connectivity index (χ3v) is 3.62. The van der Waals surface area contributed by atoms with Gasteiger partial charge in [0.05, 0.1) is 5.52 Å². The molecule has 0 saturated heterocycles. The largest absolute Gasteiger partial charge is 0.439 e. The van der Waals surface area contributed by atoms with E-state index < -0.39 is 0 Å². The molecule has 0 amide bonds. The first-order valence-electron chi connectivity index (χ1n) is 7.71. The summed E-state index contributed by atoms with van der Waals surface area (Å²) >= 11 is 0. The Hall–Kier alpha value is -3.40. The molecule has 1 aromatic heterocycles. The monoisotopic (exact) mass is 313 g/mol. The minimum atomic E-state index is 0.598. The number of fused-ring (bicyclic) bond motifs is 1. The number of hydrogen-bond acceptors (Lipinski definition) is 3. The van der Waals surface area contributed by atoms with Crippen molar-refractivity contribution in [2.24, 2.45) is 0 Å². The molecule has 4 heteroatoms. The topological polar surface area (TPSA) is 39.9 Å². The first-order valence-corrected chi connectivity index (χ1v) is 7.71. The zero-order valence-electron chi connectivity index (χ0n) is 12.9.